The highest BCUT2D eigenvalue weighted by atomic mass is 35.5. The Morgan fingerprint density at radius 2 is 2.20 bits per heavy atom. The van der Waals surface area contributed by atoms with Gasteiger partial charge < -0.3 is 10.1 Å². The van der Waals surface area contributed by atoms with Gasteiger partial charge in [-0.05, 0) is 31.5 Å². The number of nitrogens with zero attached hydrogens (tertiary/aromatic N) is 3. The van der Waals surface area contributed by atoms with Crippen molar-refractivity contribution >= 4 is 11.6 Å². The van der Waals surface area contributed by atoms with E-state index < -0.39 is 0 Å². The van der Waals surface area contributed by atoms with Crippen LogP contribution in [-0.4, -0.2) is 21.3 Å². The molecule has 5 nitrogen and oxygen atoms in total. The Morgan fingerprint density at radius 3 is 2.80 bits per heavy atom. The average Bonchev–Trinajstić information content (AvgIpc) is 2.71. The number of hydrogen-bond donors (Lipinski definition) is 1. The molecule has 0 unspecified atom stereocenters. The van der Waals surface area contributed by atoms with Gasteiger partial charge >= 0.3 is 0 Å². The number of aromatic nitrogens is 3. The zero-order chi connectivity index (χ0) is 14.5. The molecule has 1 N–H and O–H groups in total. The van der Waals surface area contributed by atoms with Crippen molar-refractivity contribution in [2.24, 2.45) is 7.05 Å². The molecule has 108 valence electrons. The Hall–Kier alpha value is -1.59. The first-order valence-electron chi connectivity index (χ1n) is 6.63. The topological polar surface area (TPSA) is 52.0 Å². The maximum absolute atomic E-state index is 6.21. The minimum Gasteiger partial charge on any atom is -0.419 e. The summed E-state index contributed by atoms with van der Waals surface area (Å²) in [7, 11) is 1.82. The van der Waals surface area contributed by atoms with Gasteiger partial charge in [-0.25, -0.2) is 9.67 Å². The third kappa shape index (κ3) is 3.71. The molecule has 0 aliphatic carbocycles. The van der Waals surface area contributed by atoms with Gasteiger partial charge in [0.05, 0.1) is 5.69 Å². The molecule has 0 saturated carbocycles. The fourth-order valence-corrected chi connectivity index (χ4v) is 2.06. The van der Waals surface area contributed by atoms with Crippen molar-refractivity contribution in [1.82, 2.24) is 20.1 Å². The molecule has 2 rings (SSSR count). The van der Waals surface area contributed by atoms with Gasteiger partial charge in [-0.3, -0.25) is 0 Å². The van der Waals surface area contributed by atoms with Crippen LogP contribution in [0.5, 0.6) is 11.8 Å². The van der Waals surface area contributed by atoms with Crippen LogP contribution in [0.4, 0.5) is 0 Å². The van der Waals surface area contributed by atoms with Gasteiger partial charge in [0.2, 0.25) is 11.8 Å². The largest absolute Gasteiger partial charge is 0.419 e. The van der Waals surface area contributed by atoms with Crippen molar-refractivity contribution in [3.8, 4) is 11.8 Å². The summed E-state index contributed by atoms with van der Waals surface area (Å²) in [5.74, 6) is 1.02. The number of nitrogens with one attached hydrogen (secondary N) is 1. The SMILES string of the molecule is CCCNCc1cnc(Oc2cc(C)nn2C)c(Cl)c1. The second kappa shape index (κ2) is 6.72. The molecule has 0 aliphatic heterocycles. The molecular formula is C14H19ClN4O. The van der Waals surface area contributed by atoms with Crippen LogP contribution in [0.2, 0.25) is 5.02 Å². The zero-order valence-electron chi connectivity index (χ0n) is 12.0. The van der Waals surface area contributed by atoms with Crippen molar-refractivity contribution in [3.63, 3.8) is 0 Å². The quantitative estimate of drug-likeness (QED) is 0.832. The van der Waals surface area contributed by atoms with E-state index in [0.717, 1.165) is 30.8 Å². The Kier molecular flexibility index (Phi) is 4.98. The number of halogens is 1. The maximum Gasteiger partial charge on any atom is 0.240 e. The summed E-state index contributed by atoms with van der Waals surface area (Å²) in [6, 6.07) is 3.71. The fraction of sp³-hybridized carbons (Fsp3) is 0.429. The molecular weight excluding hydrogens is 276 g/mol. The molecule has 0 fully saturated rings. The second-order valence-electron chi connectivity index (χ2n) is 4.66. The van der Waals surface area contributed by atoms with E-state index in [-0.39, 0.29) is 0 Å². The van der Waals surface area contributed by atoms with Crippen LogP contribution >= 0.6 is 11.6 Å². The summed E-state index contributed by atoms with van der Waals surface area (Å²) in [6.45, 7) is 5.77. The van der Waals surface area contributed by atoms with Crippen LogP contribution in [-0.2, 0) is 13.6 Å². The van der Waals surface area contributed by atoms with E-state index in [1.807, 2.05) is 26.1 Å². The molecule has 0 saturated heterocycles. The maximum atomic E-state index is 6.21. The Morgan fingerprint density at radius 1 is 1.40 bits per heavy atom. The van der Waals surface area contributed by atoms with Gasteiger partial charge in [-0.15, -0.1) is 0 Å². The van der Waals surface area contributed by atoms with Crippen LogP contribution in [0.1, 0.15) is 24.6 Å². The minimum absolute atomic E-state index is 0.397. The van der Waals surface area contributed by atoms with Gasteiger partial charge in [0.15, 0.2) is 0 Å². The van der Waals surface area contributed by atoms with Crippen molar-refractivity contribution in [1.29, 1.82) is 0 Å². The Bertz CT molecular complexity index is 583. The summed E-state index contributed by atoms with van der Waals surface area (Å²) in [5, 5.41) is 8.02. The molecule has 20 heavy (non-hydrogen) atoms. The van der Waals surface area contributed by atoms with Gasteiger partial charge in [0, 0.05) is 25.9 Å². The Labute approximate surface area is 123 Å². The lowest BCUT2D eigenvalue weighted by Gasteiger charge is -2.08. The summed E-state index contributed by atoms with van der Waals surface area (Å²) < 4.78 is 7.34. The van der Waals surface area contributed by atoms with Crippen molar-refractivity contribution in [2.45, 2.75) is 26.8 Å². The molecule has 2 heterocycles. The first-order chi connectivity index (χ1) is 9.60. The van der Waals surface area contributed by atoms with Crippen LogP contribution in [0.15, 0.2) is 18.3 Å². The molecule has 0 spiro atoms. The standard InChI is InChI=1S/C14H19ClN4O/c1-4-5-16-8-11-7-12(15)14(17-9-11)20-13-6-10(2)18-19(13)3/h6-7,9,16H,4-5,8H2,1-3H3. The molecule has 6 heteroatoms. The molecule has 0 amide bonds. The van der Waals surface area contributed by atoms with Crippen molar-refractivity contribution in [3.05, 3.63) is 34.6 Å². The molecule has 0 atom stereocenters. The zero-order valence-corrected chi connectivity index (χ0v) is 12.7. The summed E-state index contributed by atoms with van der Waals surface area (Å²) in [5.41, 5.74) is 1.93. The van der Waals surface area contributed by atoms with Crippen LogP contribution < -0.4 is 10.1 Å². The van der Waals surface area contributed by atoms with Crippen molar-refractivity contribution in [2.75, 3.05) is 6.54 Å². The summed E-state index contributed by atoms with van der Waals surface area (Å²) >= 11 is 6.21. The average molecular weight is 295 g/mol. The molecule has 0 aliphatic rings. The van der Waals surface area contributed by atoms with Crippen molar-refractivity contribution < 1.29 is 4.74 Å². The molecule has 2 aromatic heterocycles. The van der Waals surface area contributed by atoms with Crippen LogP contribution in [0.25, 0.3) is 0 Å². The van der Waals surface area contributed by atoms with E-state index in [2.05, 4.69) is 22.3 Å². The third-order valence-electron chi connectivity index (χ3n) is 2.78. The number of pyridine rings is 1. The smallest absolute Gasteiger partial charge is 0.240 e. The third-order valence-corrected chi connectivity index (χ3v) is 3.05. The normalized spacial score (nSPS) is 10.8. The molecule has 2 aromatic rings. The first kappa shape index (κ1) is 14.8. The number of rotatable bonds is 6. The van der Waals surface area contributed by atoms with E-state index in [4.69, 9.17) is 16.3 Å². The van der Waals surface area contributed by atoms with Gasteiger partial charge in [0.1, 0.15) is 5.02 Å². The molecule has 0 bridgehead atoms. The fourth-order valence-electron chi connectivity index (χ4n) is 1.83. The summed E-state index contributed by atoms with van der Waals surface area (Å²) in [4.78, 5) is 4.27. The second-order valence-corrected chi connectivity index (χ2v) is 5.06. The van der Waals surface area contributed by atoms with E-state index in [9.17, 15) is 0 Å². The molecule has 0 aromatic carbocycles. The monoisotopic (exact) mass is 294 g/mol. The number of aryl methyl sites for hydroxylation is 2. The van der Waals surface area contributed by atoms with E-state index in [1.165, 1.54) is 0 Å². The van der Waals surface area contributed by atoms with Gasteiger partial charge in [-0.2, -0.15) is 5.10 Å². The number of ether oxygens (including phenoxy) is 1. The number of hydrogen-bond acceptors (Lipinski definition) is 4. The van der Waals surface area contributed by atoms with Gasteiger partial charge in [-0.1, -0.05) is 18.5 Å². The van der Waals surface area contributed by atoms with E-state index in [0.29, 0.717) is 16.8 Å². The lowest BCUT2D eigenvalue weighted by Crippen LogP contribution is -2.13. The van der Waals surface area contributed by atoms with Gasteiger partial charge in [0.25, 0.3) is 0 Å². The van der Waals surface area contributed by atoms with Crippen LogP contribution in [0, 0.1) is 6.92 Å². The summed E-state index contributed by atoms with van der Waals surface area (Å²) in [6.07, 6.45) is 2.87. The van der Waals surface area contributed by atoms with Crippen LogP contribution in [0.3, 0.4) is 0 Å². The highest BCUT2D eigenvalue weighted by Gasteiger charge is 2.09. The minimum atomic E-state index is 0.397. The predicted molar refractivity (Wildman–Crippen MR) is 79.3 cm³/mol. The van der Waals surface area contributed by atoms with E-state index >= 15 is 0 Å². The lowest BCUT2D eigenvalue weighted by atomic mass is 10.3. The first-order valence-corrected chi connectivity index (χ1v) is 7.01. The highest BCUT2D eigenvalue weighted by molar-refractivity contribution is 6.31. The lowest BCUT2D eigenvalue weighted by molar-refractivity contribution is 0.415. The van der Waals surface area contributed by atoms with E-state index in [1.54, 1.807) is 10.9 Å². The Balaban J connectivity index is 2.07. The molecule has 0 radical (unpaired) electrons. The predicted octanol–water partition coefficient (Wildman–Crippen LogP) is 3.07. The highest BCUT2D eigenvalue weighted by Crippen LogP contribution is 2.27.